The molecule has 1 amide bonds. The Morgan fingerprint density at radius 3 is 2.47 bits per heavy atom. The van der Waals surface area contributed by atoms with Crippen LogP contribution in [0.5, 0.6) is 0 Å². The van der Waals surface area contributed by atoms with E-state index in [0.717, 1.165) is 5.56 Å². The number of hydrogen-bond acceptors (Lipinski definition) is 4. The lowest BCUT2D eigenvalue weighted by Crippen LogP contribution is -2.34. The SMILES string of the molecule is Cc1cc(NC(=O)C(C)(C)c2ccc(N)cc2)no1. The highest BCUT2D eigenvalue weighted by molar-refractivity contribution is 5.97. The van der Waals surface area contributed by atoms with Crippen LogP contribution in [-0.2, 0) is 10.2 Å². The summed E-state index contributed by atoms with van der Waals surface area (Å²) in [6.07, 6.45) is 0. The molecular weight excluding hydrogens is 242 g/mol. The molecule has 1 heterocycles. The number of benzene rings is 1. The standard InChI is InChI=1S/C14H17N3O2/c1-9-8-12(17-19-9)16-13(18)14(2,3)10-4-6-11(15)7-5-10/h4-8H,15H2,1-3H3,(H,16,17,18). The molecule has 0 aliphatic heterocycles. The Labute approximate surface area is 111 Å². The molecule has 2 rings (SSSR count). The number of anilines is 2. The van der Waals surface area contributed by atoms with Gasteiger partial charge in [-0.3, -0.25) is 4.79 Å². The molecule has 2 aromatic rings. The molecule has 100 valence electrons. The van der Waals surface area contributed by atoms with E-state index in [-0.39, 0.29) is 5.91 Å². The molecule has 0 bridgehead atoms. The van der Waals surface area contributed by atoms with Crippen LogP contribution in [0.3, 0.4) is 0 Å². The maximum atomic E-state index is 12.3. The monoisotopic (exact) mass is 259 g/mol. The van der Waals surface area contributed by atoms with Gasteiger partial charge in [-0.15, -0.1) is 0 Å². The Kier molecular flexibility index (Phi) is 3.29. The number of nitrogen functional groups attached to an aromatic ring is 1. The highest BCUT2D eigenvalue weighted by Crippen LogP contribution is 2.25. The molecule has 0 aliphatic rings. The Morgan fingerprint density at radius 1 is 1.32 bits per heavy atom. The van der Waals surface area contributed by atoms with Crippen LogP contribution < -0.4 is 11.1 Å². The minimum absolute atomic E-state index is 0.148. The van der Waals surface area contributed by atoms with Crippen molar-refractivity contribution in [1.82, 2.24) is 5.16 Å². The first-order valence-electron chi connectivity index (χ1n) is 6.00. The van der Waals surface area contributed by atoms with E-state index >= 15 is 0 Å². The maximum Gasteiger partial charge on any atom is 0.235 e. The van der Waals surface area contributed by atoms with Crippen LogP contribution in [0.1, 0.15) is 25.2 Å². The van der Waals surface area contributed by atoms with Gasteiger partial charge in [0.15, 0.2) is 5.82 Å². The van der Waals surface area contributed by atoms with Crippen LogP contribution in [0.2, 0.25) is 0 Å². The molecule has 0 saturated carbocycles. The number of nitrogens with two attached hydrogens (primary N) is 1. The Morgan fingerprint density at radius 2 is 1.95 bits per heavy atom. The Hall–Kier alpha value is -2.30. The number of rotatable bonds is 3. The van der Waals surface area contributed by atoms with Gasteiger partial charge in [0, 0.05) is 11.8 Å². The van der Waals surface area contributed by atoms with Gasteiger partial charge in [-0.05, 0) is 38.5 Å². The smallest absolute Gasteiger partial charge is 0.235 e. The molecule has 0 saturated heterocycles. The molecule has 0 fully saturated rings. The predicted molar refractivity (Wildman–Crippen MR) is 73.8 cm³/mol. The second-order valence-corrected chi connectivity index (χ2v) is 5.02. The van der Waals surface area contributed by atoms with Gasteiger partial charge in [-0.1, -0.05) is 17.3 Å². The average Bonchev–Trinajstić information content (AvgIpc) is 2.75. The van der Waals surface area contributed by atoms with Crippen molar-refractivity contribution in [2.24, 2.45) is 0 Å². The zero-order valence-electron chi connectivity index (χ0n) is 11.2. The van der Waals surface area contributed by atoms with Crippen molar-refractivity contribution in [3.63, 3.8) is 0 Å². The normalized spacial score (nSPS) is 11.3. The second kappa shape index (κ2) is 4.76. The van der Waals surface area contributed by atoms with E-state index in [1.807, 2.05) is 26.0 Å². The number of aryl methyl sites for hydroxylation is 1. The summed E-state index contributed by atoms with van der Waals surface area (Å²) in [7, 11) is 0. The fourth-order valence-electron chi connectivity index (χ4n) is 1.73. The van der Waals surface area contributed by atoms with E-state index in [9.17, 15) is 4.79 Å². The number of nitrogens with one attached hydrogen (secondary N) is 1. The molecular formula is C14H17N3O2. The zero-order valence-corrected chi connectivity index (χ0v) is 11.2. The van der Waals surface area contributed by atoms with Gasteiger partial charge in [0.2, 0.25) is 5.91 Å². The van der Waals surface area contributed by atoms with Crippen LogP contribution >= 0.6 is 0 Å². The Balaban J connectivity index is 2.19. The van der Waals surface area contributed by atoms with Gasteiger partial charge in [0.1, 0.15) is 5.76 Å². The molecule has 1 aromatic carbocycles. The highest BCUT2D eigenvalue weighted by atomic mass is 16.5. The van der Waals surface area contributed by atoms with Crippen LogP contribution in [-0.4, -0.2) is 11.1 Å². The lowest BCUT2D eigenvalue weighted by atomic mass is 9.83. The predicted octanol–water partition coefficient (Wildman–Crippen LogP) is 2.48. The summed E-state index contributed by atoms with van der Waals surface area (Å²) in [5, 5.41) is 6.49. The minimum atomic E-state index is -0.680. The first-order valence-corrected chi connectivity index (χ1v) is 6.00. The zero-order chi connectivity index (χ0) is 14.0. The maximum absolute atomic E-state index is 12.3. The summed E-state index contributed by atoms with van der Waals surface area (Å²) in [5.74, 6) is 0.928. The van der Waals surface area contributed by atoms with E-state index in [0.29, 0.717) is 17.3 Å². The summed E-state index contributed by atoms with van der Waals surface area (Å²) < 4.78 is 4.92. The van der Waals surface area contributed by atoms with E-state index in [1.165, 1.54) is 0 Å². The van der Waals surface area contributed by atoms with Crippen molar-refractivity contribution in [3.05, 3.63) is 41.7 Å². The molecule has 0 radical (unpaired) electrons. The number of nitrogens with zero attached hydrogens (tertiary/aromatic N) is 1. The molecule has 0 spiro atoms. The van der Waals surface area contributed by atoms with Crippen LogP contribution in [0.15, 0.2) is 34.9 Å². The molecule has 0 unspecified atom stereocenters. The third-order valence-corrected chi connectivity index (χ3v) is 3.07. The second-order valence-electron chi connectivity index (χ2n) is 5.02. The fraction of sp³-hybridized carbons (Fsp3) is 0.286. The van der Waals surface area contributed by atoms with Gasteiger partial charge >= 0.3 is 0 Å². The largest absolute Gasteiger partial charge is 0.399 e. The molecule has 0 aliphatic carbocycles. The van der Waals surface area contributed by atoms with Crippen molar-refractivity contribution in [3.8, 4) is 0 Å². The van der Waals surface area contributed by atoms with E-state index in [1.54, 1.807) is 25.1 Å². The Bertz CT molecular complexity index is 585. The van der Waals surface area contributed by atoms with Gasteiger partial charge in [-0.2, -0.15) is 0 Å². The van der Waals surface area contributed by atoms with E-state index < -0.39 is 5.41 Å². The fourth-order valence-corrected chi connectivity index (χ4v) is 1.73. The third-order valence-electron chi connectivity index (χ3n) is 3.07. The van der Waals surface area contributed by atoms with Crippen LogP contribution in [0.25, 0.3) is 0 Å². The van der Waals surface area contributed by atoms with Crippen molar-refractivity contribution in [2.45, 2.75) is 26.2 Å². The molecule has 1 aromatic heterocycles. The van der Waals surface area contributed by atoms with Gasteiger partial charge < -0.3 is 15.6 Å². The number of amides is 1. The molecule has 5 nitrogen and oxygen atoms in total. The van der Waals surface area contributed by atoms with Crippen molar-refractivity contribution >= 4 is 17.4 Å². The number of carbonyl (C=O) groups excluding carboxylic acids is 1. The first-order chi connectivity index (χ1) is 8.89. The van der Waals surface area contributed by atoms with Crippen LogP contribution in [0.4, 0.5) is 11.5 Å². The third kappa shape index (κ3) is 2.76. The summed E-state index contributed by atoms with van der Waals surface area (Å²) in [6.45, 7) is 5.47. The molecule has 3 N–H and O–H groups in total. The number of carbonyl (C=O) groups is 1. The lowest BCUT2D eigenvalue weighted by molar-refractivity contribution is -0.120. The van der Waals surface area contributed by atoms with Gasteiger partial charge in [0.05, 0.1) is 5.41 Å². The van der Waals surface area contributed by atoms with Gasteiger partial charge in [-0.25, -0.2) is 0 Å². The van der Waals surface area contributed by atoms with Gasteiger partial charge in [0.25, 0.3) is 0 Å². The molecule has 19 heavy (non-hydrogen) atoms. The summed E-state index contributed by atoms with van der Waals surface area (Å²) >= 11 is 0. The summed E-state index contributed by atoms with van der Waals surface area (Å²) in [4.78, 5) is 12.3. The molecule has 5 heteroatoms. The van der Waals surface area contributed by atoms with E-state index in [2.05, 4.69) is 10.5 Å². The van der Waals surface area contributed by atoms with Crippen LogP contribution in [0, 0.1) is 6.92 Å². The average molecular weight is 259 g/mol. The lowest BCUT2D eigenvalue weighted by Gasteiger charge is -2.23. The topological polar surface area (TPSA) is 81.2 Å². The summed E-state index contributed by atoms with van der Waals surface area (Å²) in [5.41, 5.74) is 6.53. The van der Waals surface area contributed by atoms with Crippen molar-refractivity contribution < 1.29 is 9.32 Å². The first kappa shape index (κ1) is 13.1. The van der Waals surface area contributed by atoms with Crippen molar-refractivity contribution in [2.75, 3.05) is 11.1 Å². The number of hydrogen-bond donors (Lipinski definition) is 2. The quantitative estimate of drug-likeness (QED) is 0.830. The molecule has 0 atom stereocenters. The number of aromatic nitrogens is 1. The highest BCUT2D eigenvalue weighted by Gasteiger charge is 2.30. The van der Waals surface area contributed by atoms with Crippen molar-refractivity contribution in [1.29, 1.82) is 0 Å². The minimum Gasteiger partial charge on any atom is -0.399 e. The van der Waals surface area contributed by atoms with E-state index in [4.69, 9.17) is 10.3 Å². The summed E-state index contributed by atoms with van der Waals surface area (Å²) in [6, 6.07) is 8.94.